The summed E-state index contributed by atoms with van der Waals surface area (Å²) >= 11 is 1.69. The van der Waals surface area contributed by atoms with Crippen LogP contribution in [-0.4, -0.2) is 19.1 Å². The second kappa shape index (κ2) is 4.03. The van der Waals surface area contributed by atoms with E-state index >= 15 is 0 Å². The number of hydrogen-bond acceptors (Lipinski definition) is 3. The summed E-state index contributed by atoms with van der Waals surface area (Å²) in [6.45, 7) is 2.03. The lowest BCUT2D eigenvalue weighted by atomic mass is 10.1. The van der Waals surface area contributed by atoms with Crippen molar-refractivity contribution in [3.63, 3.8) is 0 Å². The van der Waals surface area contributed by atoms with Gasteiger partial charge >= 0.3 is 0 Å². The van der Waals surface area contributed by atoms with Crippen LogP contribution >= 0.6 is 11.3 Å². The molecule has 0 aliphatic heterocycles. The second-order valence-corrected chi connectivity index (χ2v) is 4.76. The van der Waals surface area contributed by atoms with Gasteiger partial charge in [-0.05, 0) is 19.1 Å². The smallest absolute Gasteiger partial charge is 0.0901 e. The SMILES string of the molecule is Cc1nc(-c2ccc(N(C)C)cc2)cs1. The number of anilines is 1. The van der Waals surface area contributed by atoms with Gasteiger partial charge in [0, 0.05) is 30.7 Å². The Morgan fingerprint density at radius 3 is 2.27 bits per heavy atom. The zero-order valence-corrected chi connectivity index (χ0v) is 10.0. The fourth-order valence-corrected chi connectivity index (χ4v) is 2.05. The molecule has 0 N–H and O–H groups in total. The van der Waals surface area contributed by atoms with Crippen molar-refractivity contribution in [2.24, 2.45) is 0 Å². The Kier molecular flexibility index (Phi) is 2.73. The van der Waals surface area contributed by atoms with Gasteiger partial charge in [-0.1, -0.05) is 12.1 Å². The molecule has 0 fully saturated rings. The third kappa shape index (κ3) is 2.18. The van der Waals surface area contributed by atoms with Gasteiger partial charge < -0.3 is 4.90 Å². The highest BCUT2D eigenvalue weighted by atomic mass is 32.1. The number of aryl methyl sites for hydroxylation is 1. The Balaban J connectivity index is 2.31. The maximum absolute atomic E-state index is 4.46. The molecule has 78 valence electrons. The molecule has 2 aromatic rings. The first-order chi connectivity index (χ1) is 7.16. The van der Waals surface area contributed by atoms with E-state index in [0.29, 0.717) is 0 Å². The van der Waals surface area contributed by atoms with E-state index in [1.807, 2.05) is 21.0 Å². The second-order valence-electron chi connectivity index (χ2n) is 3.69. The number of benzene rings is 1. The molecule has 15 heavy (non-hydrogen) atoms. The molecule has 0 saturated carbocycles. The lowest BCUT2D eigenvalue weighted by Crippen LogP contribution is -2.07. The monoisotopic (exact) mass is 218 g/mol. The Bertz CT molecular complexity index is 443. The zero-order valence-electron chi connectivity index (χ0n) is 9.19. The van der Waals surface area contributed by atoms with Crippen molar-refractivity contribution < 1.29 is 0 Å². The van der Waals surface area contributed by atoms with Crippen molar-refractivity contribution in [3.05, 3.63) is 34.7 Å². The number of thiazole rings is 1. The van der Waals surface area contributed by atoms with Crippen LogP contribution in [0.3, 0.4) is 0 Å². The minimum absolute atomic E-state index is 1.07. The molecule has 3 heteroatoms. The molecule has 0 spiro atoms. The van der Waals surface area contributed by atoms with E-state index in [-0.39, 0.29) is 0 Å². The number of nitrogens with zero attached hydrogens (tertiary/aromatic N) is 2. The van der Waals surface area contributed by atoms with E-state index < -0.39 is 0 Å². The molecule has 0 amide bonds. The van der Waals surface area contributed by atoms with Crippen LogP contribution in [-0.2, 0) is 0 Å². The molecule has 0 atom stereocenters. The van der Waals surface area contributed by atoms with Crippen LogP contribution in [0, 0.1) is 6.92 Å². The van der Waals surface area contributed by atoms with Crippen LogP contribution in [0.25, 0.3) is 11.3 Å². The topological polar surface area (TPSA) is 16.1 Å². The zero-order chi connectivity index (χ0) is 10.8. The van der Waals surface area contributed by atoms with Crippen LogP contribution in [0.2, 0.25) is 0 Å². The van der Waals surface area contributed by atoms with Crippen molar-refractivity contribution in [1.29, 1.82) is 0 Å². The lowest BCUT2D eigenvalue weighted by Gasteiger charge is -2.12. The molecule has 1 heterocycles. The molecule has 0 saturated heterocycles. The number of hydrogen-bond donors (Lipinski definition) is 0. The molecule has 2 nitrogen and oxygen atoms in total. The summed E-state index contributed by atoms with van der Waals surface area (Å²) in [5.74, 6) is 0. The molecule has 2 rings (SSSR count). The standard InChI is InChI=1S/C12H14N2S/c1-9-13-12(8-15-9)10-4-6-11(7-5-10)14(2)3/h4-8H,1-3H3. The molecule has 0 unspecified atom stereocenters. The van der Waals surface area contributed by atoms with Crippen molar-refractivity contribution in [2.45, 2.75) is 6.92 Å². The third-order valence-corrected chi connectivity index (χ3v) is 3.07. The van der Waals surface area contributed by atoms with Gasteiger partial charge in [0.2, 0.25) is 0 Å². The van der Waals surface area contributed by atoms with Gasteiger partial charge in [-0.3, -0.25) is 0 Å². The highest BCUT2D eigenvalue weighted by Gasteiger charge is 2.02. The van der Waals surface area contributed by atoms with E-state index in [2.05, 4.69) is 39.5 Å². The predicted octanol–water partition coefficient (Wildman–Crippen LogP) is 3.18. The largest absolute Gasteiger partial charge is 0.378 e. The predicted molar refractivity (Wildman–Crippen MR) is 66.6 cm³/mol. The van der Waals surface area contributed by atoms with E-state index in [4.69, 9.17) is 0 Å². The first-order valence-electron chi connectivity index (χ1n) is 4.87. The van der Waals surface area contributed by atoms with Crippen LogP contribution in [0.1, 0.15) is 5.01 Å². The normalized spacial score (nSPS) is 10.3. The summed E-state index contributed by atoms with van der Waals surface area (Å²) < 4.78 is 0. The summed E-state index contributed by atoms with van der Waals surface area (Å²) in [7, 11) is 4.09. The maximum Gasteiger partial charge on any atom is 0.0901 e. The van der Waals surface area contributed by atoms with Crippen molar-refractivity contribution in [2.75, 3.05) is 19.0 Å². The molecule has 0 bridgehead atoms. The molecule has 1 aromatic heterocycles. The van der Waals surface area contributed by atoms with Gasteiger partial charge in [-0.25, -0.2) is 4.98 Å². The Hall–Kier alpha value is -1.35. The van der Waals surface area contributed by atoms with Gasteiger partial charge in [0.1, 0.15) is 0 Å². The van der Waals surface area contributed by atoms with Crippen molar-refractivity contribution in [1.82, 2.24) is 4.98 Å². The maximum atomic E-state index is 4.46. The van der Waals surface area contributed by atoms with Gasteiger partial charge in [0.25, 0.3) is 0 Å². The van der Waals surface area contributed by atoms with Gasteiger partial charge in [-0.2, -0.15) is 0 Å². The van der Waals surface area contributed by atoms with Crippen LogP contribution in [0.15, 0.2) is 29.6 Å². The van der Waals surface area contributed by atoms with Gasteiger partial charge in [-0.15, -0.1) is 11.3 Å². The molecule has 0 aliphatic rings. The molecular weight excluding hydrogens is 204 g/mol. The number of rotatable bonds is 2. The Morgan fingerprint density at radius 1 is 1.13 bits per heavy atom. The third-order valence-electron chi connectivity index (χ3n) is 2.30. The van der Waals surface area contributed by atoms with E-state index in [9.17, 15) is 0 Å². The van der Waals surface area contributed by atoms with Crippen LogP contribution < -0.4 is 4.90 Å². The minimum Gasteiger partial charge on any atom is -0.378 e. The average molecular weight is 218 g/mol. The number of aromatic nitrogens is 1. The van der Waals surface area contributed by atoms with Gasteiger partial charge in [0.15, 0.2) is 0 Å². The van der Waals surface area contributed by atoms with Crippen molar-refractivity contribution in [3.8, 4) is 11.3 Å². The van der Waals surface area contributed by atoms with Crippen LogP contribution in [0.5, 0.6) is 0 Å². The quantitative estimate of drug-likeness (QED) is 0.769. The minimum atomic E-state index is 1.07. The highest BCUT2D eigenvalue weighted by molar-refractivity contribution is 7.09. The lowest BCUT2D eigenvalue weighted by molar-refractivity contribution is 1.13. The fraction of sp³-hybridized carbons (Fsp3) is 0.250. The average Bonchev–Trinajstić information content (AvgIpc) is 2.65. The van der Waals surface area contributed by atoms with Crippen LogP contribution in [0.4, 0.5) is 5.69 Å². The summed E-state index contributed by atoms with van der Waals surface area (Å²) in [5, 5.41) is 3.21. The first kappa shape index (κ1) is 10.2. The summed E-state index contributed by atoms with van der Waals surface area (Å²) in [6, 6.07) is 8.46. The fourth-order valence-electron chi connectivity index (χ4n) is 1.43. The summed E-state index contributed by atoms with van der Waals surface area (Å²) in [4.78, 5) is 6.55. The van der Waals surface area contributed by atoms with Gasteiger partial charge in [0.05, 0.1) is 10.7 Å². The summed E-state index contributed by atoms with van der Waals surface area (Å²) in [5.41, 5.74) is 3.47. The Morgan fingerprint density at radius 2 is 1.80 bits per heavy atom. The summed E-state index contributed by atoms with van der Waals surface area (Å²) in [6.07, 6.45) is 0. The van der Waals surface area contributed by atoms with E-state index in [1.165, 1.54) is 11.3 Å². The highest BCUT2D eigenvalue weighted by Crippen LogP contribution is 2.23. The first-order valence-corrected chi connectivity index (χ1v) is 5.74. The Labute approximate surface area is 94.2 Å². The molecule has 0 radical (unpaired) electrons. The molecule has 0 aliphatic carbocycles. The van der Waals surface area contributed by atoms with Crippen molar-refractivity contribution >= 4 is 17.0 Å². The molecular formula is C12H14N2S. The molecule has 1 aromatic carbocycles. The van der Waals surface area contributed by atoms with E-state index in [0.717, 1.165) is 10.7 Å². The van der Waals surface area contributed by atoms with E-state index in [1.54, 1.807) is 11.3 Å².